The fourth-order valence-corrected chi connectivity index (χ4v) is 4.71. The van der Waals surface area contributed by atoms with E-state index in [1.807, 2.05) is 50.2 Å². The molecule has 0 saturated carbocycles. The highest BCUT2D eigenvalue weighted by Gasteiger charge is 2.39. The average molecular weight is 454 g/mol. The Bertz CT molecular complexity index is 871. The number of fused-ring (bicyclic) bond motifs is 1. The minimum atomic E-state index is -0.590. The monoisotopic (exact) mass is 453 g/mol. The molecule has 1 heterocycles. The first-order valence-corrected chi connectivity index (χ1v) is 11.6. The smallest absolute Gasteiger partial charge is 0.412 e. The van der Waals surface area contributed by atoms with Crippen molar-refractivity contribution in [3.05, 3.63) is 52.0 Å². The van der Waals surface area contributed by atoms with Crippen LogP contribution in [0.5, 0.6) is 5.75 Å². The van der Waals surface area contributed by atoms with Gasteiger partial charge in [-0.05, 0) is 67.8 Å². The number of carbonyl (C=O) groups is 1. The van der Waals surface area contributed by atoms with Crippen LogP contribution in [0.25, 0.3) is 0 Å². The van der Waals surface area contributed by atoms with E-state index < -0.39 is 11.7 Å². The third-order valence-corrected chi connectivity index (χ3v) is 6.94. The van der Waals surface area contributed by atoms with Gasteiger partial charge in [0.15, 0.2) is 0 Å². The molecule has 4 nitrogen and oxygen atoms in total. The molecular formula is C22H25Cl2NO3S. The van der Waals surface area contributed by atoms with Crippen molar-refractivity contribution in [2.24, 2.45) is 0 Å². The van der Waals surface area contributed by atoms with Gasteiger partial charge in [-0.25, -0.2) is 4.79 Å². The Morgan fingerprint density at radius 1 is 1.07 bits per heavy atom. The summed E-state index contributed by atoms with van der Waals surface area (Å²) in [7, 11) is 0. The molecular weight excluding hydrogens is 429 g/mol. The predicted octanol–water partition coefficient (Wildman–Crippen LogP) is 7.52. The van der Waals surface area contributed by atoms with Crippen molar-refractivity contribution in [1.82, 2.24) is 0 Å². The number of benzene rings is 2. The maximum Gasteiger partial charge on any atom is 0.412 e. The Hall–Kier alpha value is -1.56. The third-order valence-electron chi connectivity index (χ3n) is 5.12. The van der Waals surface area contributed by atoms with E-state index in [9.17, 15) is 4.79 Å². The molecule has 29 heavy (non-hydrogen) atoms. The Morgan fingerprint density at radius 3 is 2.59 bits per heavy atom. The fourth-order valence-electron chi connectivity index (χ4n) is 3.39. The molecule has 0 bridgehead atoms. The largest absolute Gasteiger partial charge is 0.494 e. The van der Waals surface area contributed by atoms with E-state index in [4.69, 9.17) is 32.7 Å². The summed E-state index contributed by atoms with van der Waals surface area (Å²) in [5.74, 6) is 1.78. The number of rotatable bonds is 9. The van der Waals surface area contributed by atoms with Crippen molar-refractivity contribution in [3.63, 3.8) is 0 Å². The summed E-state index contributed by atoms with van der Waals surface area (Å²) >= 11 is 13.7. The molecule has 3 rings (SSSR count). The number of anilines is 1. The first-order chi connectivity index (χ1) is 14.0. The highest BCUT2D eigenvalue weighted by atomic mass is 35.5. The maximum atomic E-state index is 11.9. The lowest BCUT2D eigenvalue weighted by Gasteiger charge is -2.37. The summed E-state index contributed by atoms with van der Waals surface area (Å²) in [6.07, 6.45) is 3.03. The first-order valence-electron chi connectivity index (χ1n) is 9.82. The molecule has 1 aliphatic rings. The summed E-state index contributed by atoms with van der Waals surface area (Å²) in [5.41, 5.74) is 1.19. The standard InChI is InChI=1S/C22H25Cl2NO3S/c1-3-22(4-2)17-13-15(7-10-20(17)25-21(26)28-22)27-11-5-6-12-29-16-8-9-18(23)19(24)14-16/h7-10,13-14H,3-6,11-12H2,1-2H3,(H,25,26). The lowest BCUT2D eigenvalue weighted by Crippen LogP contribution is -2.38. The van der Waals surface area contributed by atoms with Gasteiger partial charge in [0.2, 0.25) is 0 Å². The number of thioether (sulfide) groups is 1. The second kappa shape index (κ2) is 9.96. The summed E-state index contributed by atoms with van der Waals surface area (Å²) in [5, 5.41) is 3.94. The van der Waals surface area contributed by atoms with Crippen molar-refractivity contribution in [3.8, 4) is 5.75 Å². The van der Waals surface area contributed by atoms with Gasteiger partial charge in [0.25, 0.3) is 0 Å². The predicted molar refractivity (Wildman–Crippen MR) is 121 cm³/mol. The number of ether oxygens (including phenoxy) is 2. The molecule has 0 atom stereocenters. The number of unbranched alkanes of at least 4 members (excludes halogenated alkanes) is 1. The number of hydrogen-bond acceptors (Lipinski definition) is 4. The molecule has 1 N–H and O–H groups in total. The van der Waals surface area contributed by atoms with Crippen LogP contribution >= 0.6 is 35.0 Å². The van der Waals surface area contributed by atoms with E-state index >= 15 is 0 Å². The molecule has 0 unspecified atom stereocenters. The van der Waals surface area contributed by atoms with E-state index in [1.54, 1.807) is 11.8 Å². The van der Waals surface area contributed by atoms with Crippen molar-refractivity contribution < 1.29 is 14.3 Å². The molecule has 0 saturated heterocycles. The molecule has 7 heteroatoms. The Morgan fingerprint density at radius 2 is 1.86 bits per heavy atom. The number of amides is 1. The molecule has 0 spiro atoms. The van der Waals surface area contributed by atoms with Gasteiger partial charge in [-0.15, -0.1) is 11.8 Å². The fraction of sp³-hybridized carbons (Fsp3) is 0.409. The lowest BCUT2D eigenvalue weighted by molar-refractivity contribution is 0.00453. The Kier molecular flexibility index (Phi) is 7.60. The van der Waals surface area contributed by atoms with Gasteiger partial charge in [-0.3, -0.25) is 5.32 Å². The zero-order valence-electron chi connectivity index (χ0n) is 16.6. The molecule has 156 valence electrons. The minimum absolute atomic E-state index is 0.394. The lowest BCUT2D eigenvalue weighted by atomic mass is 9.86. The van der Waals surface area contributed by atoms with Crippen molar-refractivity contribution in [2.75, 3.05) is 17.7 Å². The van der Waals surface area contributed by atoms with Crippen LogP contribution in [0.2, 0.25) is 10.0 Å². The van der Waals surface area contributed by atoms with Crippen LogP contribution in [0.4, 0.5) is 10.5 Å². The Balaban J connectivity index is 1.50. The number of carbonyl (C=O) groups excluding carboxylic acids is 1. The highest BCUT2D eigenvalue weighted by molar-refractivity contribution is 7.99. The van der Waals surface area contributed by atoms with Gasteiger partial charge in [-0.2, -0.15) is 0 Å². The van der Waals surface area contributed by atoms with Crippen LogP contribution in [0.15, 0.2) is 41.3 Å². The van der Waals surface area contributed by atoms with Gasteiger partial charge in [0, 0.05) is 10.5 Å². The average Bonchev–Trinajstić information content (AvgIpc) is 2.72. The zero-order chi connectivity index (χ0) is 20.9. The second-order valence-electron chi connectivity index (χ2n) is 6.90. The van der Waals surface area contributed by atoms with E-state index in [2.05, 4.69) is 5.32 Å². The summed E-state index contributed by atoms with van der Waals surface area (Å²) in [4.78, 5) is 13.0. The van der Waals surface area contributed by atoms with E-state index in [0.29, 0.717) is 16.7 Å². The van der Waals surface area contributed by atoms with Crippen molar-refractivity contribution in [1.29, 1.82) is 0 Å². The maximum absolute atomic E-state index is 11.9. The number of halogens is 2. The van der Waals surface area contributed by atoms with Crippen LogP contribution in [0.3, 0.4) is 0 Å². The summed E-state index contributed by atoms with van der Waals surface area (Å²) in [6, 6.07) is 11.5. The molecule has 2 aromatic rings. The quantitative estimate of drug-likeness (QED) is 0.314. The number of hydrogen-bond donors (Lipinski definition) is 1. The third kappa shape index (κ3) is 5.33. The molecule has 0 aliphatic carbocycles. The molecule has 1 aliphatic heterocycles. The number of nitrogens with one attached hydrogen (secondary N) is 1. The Labute approximate surface area is 186 Å². The summed E-state index contributed by atoms with van der Waals surface area (Å²) in [6.45, 7) is 4.70. The van der Waals surface area contributed by atoms with Crippen LogP contribution in [-0.2, 0) is 10.3 Å². The minimum Gasteiger partial charge on any atom is -0.494 e. The van der Waals surface area contributed by atoms with Gasteiger partial charge in [0.1, 0.15) is 11.4 Å². The van der Waals surface area contributed by atoms with Crippen LogP contribution in [0.1, 0.15) is 45.1 Å². The molecule has 1 amide bonds. The molecule has 0 aromatic heterocycles. The highest BCUT2D eigenvalue weighted by Crippen LogP contribution is 2.42. The van der Waals surface area contributed by atoms with Gasteiger partial charge in [-0.1, -0.05) is 37.0 Å². The van der Waals surface area contributed by atoms with Gasteiger partial charge in [0.05, 0.1) is 22.3 Å². The normalized spacial score (nSPS) is 14.7. The molecule has 2 aromatic carbocycles. The molecule has 0 radical (unpaired) electrons. The van der Waals surface area contributed by atoms with E-state index in [-0.39, 0.29) is 0 Å². The first kappa shape index (κ1) is 22.1. The van der Waals surface area contributed by atoms with Crippen LogP contribution in [0, 0.1) is 0 Å². The van der Waals surface area contributed by atoms with Crippen LogP contribution in [-0.4, -0.2) is 18.5 Å². The second-order valence-corrected chi connectivity index (χ2v) is 8.89. The molecule has 0 fully saturated rings. The number of cyclic esters (lactones) is 1. The topological polar surface area (TPSA) is 47.6 Å². The zero-order valence-corrected chi connectivity index (χ0v) is 18.9. The van der Waals surface area contributed by atoms with Crippen molar-refractivity contribution >= 4 is 46.7 Å². The van der Waals surface area contributed by atoms with E-state index in [1.165, 1.54) is 0 Å². The van der Waals surface area contributed by atoms with Gasteiger partial charge < -0.3 is 9.47 Å². The summed E-state index contributed by atoms with van der Waals surface area (Å²) < 4.78 is 11.6. The van der Waals surface area contributed by atoms with E-state index in [0.717, 1.165) is 53.3 Å². The van der Waals surface area contributed by atoms with Crippen molar-refractivity contribution in [2.45, 2.75) is 50.0 Å². The van der Waals surface area contributed by atoms with Crippen LogP contribution < -0.4 is 10.1 Å². The SMILES string of the molecule is CCC1(CC)OC(=O)Nc2ccc(OCCCCSc3ccc(Cl)c(Cl)c3)cc21. The van der Waals surface area contributed by atoms with Gasteiger partial charge >= 0.3 is 6.09 Å².